The molecule has 7 nitrogen and oxygen atoms in total. The number of nitrogens with two attached hydrogens (primary N) is 1. The minimum absolute atomic E-state index is 0.0538. The number of primary amides is 1. The summed E-state index contributed by atoms with van der Waals surface area (Å²) in [5.74, 6) is -0.598. The maximum atomic E-state index is 11.3. The topological polar surface area (TPSA) is 92.3 Å². The fraction of sp³-hybridized carbons (Fsp3) is 0.727. The number of carbonyl (C=O) groups is 1. The first-order valence-electron chi connectivity index (χ1n) is 5.79. The lowest BCUT2D eigenvalue weighted by Crippen LogP contribution is -2.19. The first kappa shape index (κ1) is 14.6. The summed E-state index contributed by atoms with van der Waals surface area (Å²) in [5, 5.41) is 7.82. The molecule has 1 aromatic rings. The second kappa shape index (κ2) is 6.46. The van der Waals surface area contributed by atoms with Gasteiger partial charge in [0.05, 0.1) is 12.1 Å². The van der Waals surface area contributed by atoms with Crippen LogP contribution in [0.15, 0.2) is 0 Å². The van der Waals surface area contributed by atoms with Gasteiger partial charge in [0, 0.05) is 20.8 Å². The van der Waals surface area contributed by atoms with E-state index in [1.165, 1.54) is 0 Å². The third-order valence-electron chi connectivity index (χ3n) is 2.86. The van der Waals surface area contributed by atoms with Gasteiger partial charge in [-0.25, -0.2) is 4.68 Å². The molecule has 7 heteroatoms. The molecule has 0 saturated heterocycles. The van der Waals surface area contributed by atoms with Crippen molar-refractivity contribution in [3.8, 4) is 0 Å². The molecule has 2 N–H and O–H groups in total. The van der Waals surface area contributed by atoms with Gasteiger partial charge in [-0.3, -0.25) is 4.79 Å². The third-order valence-corrected chi connectivity index (χ3v) is 2.86. The van der Waals surface area contributed by atoms with Gasteiger partial charge in [-0.1, -0.05) is 5.21 Å². The number of amides is 1. The number of carbonyl (C=O) groups excluding carboxylic acids is 1. The van der Waals surface area contributed by atoms with E-state index in [0.717, 1.165) is 6.42 Å². The monoisotopic (exact) mass is 256 g/mol. The van der Waals surface area contributed by atoms with Crippen LogP contribution in [0.1, 0.15) is 48.6 Å². The van der Waals surface area contributed by atoms with E-state index in [1.54, 1.807) is 18.9 Å². The van der Waals surface area contributed by atoms with Gasteiger partial charge in [0.2, 0.25) is 0 Å². The number of ether oxygens (including phenoxy) is 2. The fourth-order valence-electron chi connectivity index (χ4n) is 1.70. The van der Waals surface area contributed by atoms with E-state index in [1.807, 2.05) is 13.8 Å². The Morgan fingerprint density at radius 1 is 1.44 bits per heavy atom. The summed E-state index contributed by atoms with van der Waals surface area (Å²) in [6, 6.07) is 0.0538. The van der Waals surface area contributed by atoms with Crippen molar-refractivity contribution in [3.05, 3.63) is 11.4 Å². The van der Waals surface area contributed by atoms with Crippen molar-refractivity contribution < 1.29 is 14.3 Å². The molecule has 102 valence electrons. The molecule has 1 aromatic heterocycles. The molecule has 1 heterocycles. The highest BCUT2D eigenvalue weighted by atomic mass is 16.5. The Morgan fingerprint density at radius 3 is 2.61 bits per heavy atom. The number of nitrogens with zero attached hydrogens (tertiary/aromatic N) is 3. The number of hydrogen-bond donors (Lipinski definition) is 1. The Balaban J connectivity index is 3.07. The largest absolute Gasteiger partial charge is 0.385 e. The molecule has 1 amide bonds. The average Bonchev–Trinajstić information content (AvgIpc) is 2.79. The summed E-state index contributed by atoms with van der Waals surface area (Å²) in [7, 11) is 3.20. The van der Waals surface area contributed by atoms with Crippen LogP contribution >= 0.6 is 0 Å². The summed E-state index contributed by atoms with van der Waals surface area (Å²) in [4.78, 5) is 11.3. The Hall–Kier alpha value is -1.47. The molecule has 1 rings (SSSR count). The maximum Gasteiger partial charge on any atom is 0.271 e. The molecule has 2 unspecified atom stereocenters. The van der Waals surface area contributed by atoms with E-state index in [0.29, 0.717) is 12.3 Å². The van der Waals surface area contributed by atoms with Crippen LogP contribution in [0.2, 0.25) is 0 Å². The van der Waals surface area contributed by atoms with E-state index in [2.05, 4.69) is 10.3 Å². The van der Waals surface area contributed by atoms with E-state index in [4.69, 9.17) is 15.2 Å². The SMILES string of the molecule is COCCC(C)n1nnc(C(N)=O)c1C(C)OC. The van der Waals surface area contributed by atoms with Crippen molar-refractivity contribution >= 4 is 5.91 Å². The summed E-state index contributed by atoms with van der Waals surface area (Å²) in [6.07, 6.45) is 0.467. The van der Waals surface area contributed by atoms with Gasteiger partial charge in [-0.15, -0.1) is 5.10 Å². The van der Waals surface area contributed by atoms with Crippen molar-refractivity contribution in [2.24, 2.45) is 5.73 Å². The van der Waals surface area contributed by atoms with Crippen LogP contribution in [0.3, 0.4) is 0 Å². The normalized spacial score (nSPS) is 14.4. The van der Waals surface area contributed by atoms with Crippen LogP contribution in [-0.4, -0.2) is 41.7 Å². The summed E-state index contributed by atoms with van der Waals surface area (Å²) in [6.45, 7) is 4.41. The lowest BCUT2D eigenvalue weighted by molar-refractivity contribution is 0.0953. The molecule has 0 aliphatic rings. The van der Waals surface area contributed by atoms with E-state index >= 15 is 0 Å². The van der Waals surface area contributed by atoms with E-state index in [-0.39, 0.29) is 17.8 Å². The molecule has 0 fully saturated rings. The zero-order chi connectivity index (χ0) is 13.7. The van der Waals surface area contributed by atoms with E-state index in [9.17, 15) is 4.79 Å². The summed E-state index contributed by atoms with van der Waals surface area (Å²) < 4.78 is 11.9. The summed E-state index contributed by atoms with van der Waals surface area (Å²) >= 11 is 0. The van der Waals surface area contributed by atoms with Crippen LogP contribution in [0.4, 0.5) is 0 Å². The second-order valence-electron chi connectivity index (χ2n) is 4.14. The first-order valence-corrected chi connectivity index (χ1v) is 5.79. The molecule has 0 spiro atoms. The molecule has 2 atom stereocenters. The third kappa shape index (κ3) is 3.05. The lowest BCUT2D eigenvalue weighted by atomic mass is 10.1. The molecule has 0 bridgehead atoms. The average molecular weight is 256 g/mol. The molecular weight excluding hydrogens is 236 g/mol. The minimum atomic E-state index is -0.598. The number of aromatic nitrogens is 3. The smallest absolute Gasteiger partial charge is 0.271 e. The minimum Gasteiger partial charge on any atom is -0.385 e. The maximum absolute atomic E-state index is 11.3. The van der Waals surface area contributed by atoms with Gasteiger partial charge in [-0.05, 0) is 20.3 Å². The van der Waals surface area contributed by atoms with Crippen LogP contribution < -0.4 is 5.73 Å². The number of methoxy groups -OCH3 is 2. The van der Waals surface area contributed by atoms with Crippen molar-refractivity contribution in [1.29, 1.82) is 0 Å². The Labute approximate surface area is 106 Å². The zero-order valence-corrected chi connectivity index (χ0v) is 11.2. The molecule has 0 aromatic carbocycles. The number of hydrogen-bond acceptors (Lipinski definition) is 5. The van der Waals surface area contributed by atoms with Crippen LogP contribution in [0, 0.1) is 0 Å². The van der Waals surface area contributed by atoms with Crippen LogP contribution in [0.25, 0.3) is 0 Å². The highest BCUT2D eigenvalue weighted by Gasteiger charge is 2.24. The van der Waals surface area contributed by atoms with Crippen molar-refractivity contribution in [1.82, 2.24) is 15.0 Å². The predicted molar refractivity (Wildman–Crippen MR) is 65.2 cm³/mol. The van der Waals surface area contributed by atoms with Gasteiger partial charge in [-0.2, -0.15) is 0 Å². The van der Waals surface area contributed by atoms with Crippen molar-refractivity contribution in [3.63, 3.8) is 0 Å². The first-order chi connectivity index (χ1) is 8.52. The standard InChI is InChI=1S/C11H20N4O3/c1-7(5-6-17-3)15-10(8(2)18-4)9(11(12)16)13-14-15/h7-8H,5-6H2,1-4H3,(H2,12,16). The Morgan fingerprint density at radius 2 is 2.11 bits per heavy atom. The van der Waals surface area contributed by atoms with Gasteiger partial charge >= 0.3 is 0 Å². The van der Waals surface area contributed by atoms with Crippen LogP contribution in [-0.2, 0) is 9.47 Å². The quantitative estimate of drug-likeness (QED) is 0.774. The highest BCUT2D eigenvalue weighted by molar-refractivity contribution is 5.91. The highest BCUT2D eigenvalue weighted by Crippen LogP contribution is 2.23. The number of rotatable bonds is 7. The Bertz CT molecular complexity index is 405. The van der Waals surface area contributed by atoms with E-state index < -0.39 is 5.91 Å². The Kier molecular flexibility index (Phi) is 5.24. The predicted octanol–water partition coefficient (Wildman–Crippen LogP) is 0.682. The van der Waals surface area contributed by atoms with Gasteiger partial charge < -0.3 is 15.2 Å². The fourth-order valence-corrected chi connectivity index (χ4v) is 1.70. The molecular formula is C11H20N4O3. The van der Waals surface area contributed by atoms with Gasteiger partial charge in [0.25, 0.3) is 5.91 Å². The second-order valence-corrected chi connectivity index (χ2v) is 4.14. The molecule has 18 heavy (non-hydrogen) atoms. The lowest BCUT2D eigenvalue weighted by Gasteiger charge is -2.17. The van der Waals surface area contributed by atoms with Gasteiger partial charge in [0.1, 0.15) is 5.69 Å². The summed E-state index contributed by atoms with van der Waals surface area (Å²) in [5.41, 5.74) is 6.05. The molecule has 0 aliphatic heterocycles. The zero-order valence-electron chi connectivity index (χ0n) is 11.2. The van der Waals surface area contributed by atoms with Crippen molar-refractivity contribution in [2.45, 2.75) is 32.4 Å². The van der Waals surface area contributed by atoms with Crippen molar-refractivity contribution in [2.75, 3.05) is 20.8 Å². The van der Waals surface area contributed by atoms with Gasteiger partial charge in [0.15, 0.2) is 5.69 Å². The molecule has 0 radical (unpaired) electrons. The molecule has 0 aliphatic carbocycles. The molecule has 0 saturated carbocycles. The van der Waals surface area contributed by atoms with Crippen LogP contribution in [0.5, 0.6) is 0 Å².